The van der Waals surface area contributed by atoms with Crippen molar-refractivity contribution < 1.29 is 9.84 Å². The third-order valence-corrected chi connectivity index (χ3v) is 3.37. The molecule has 1 saturated carbocycles. The maximum atomic E-state index is 9.48. The lowest BCUT2D eigenvalue weighted by Crippen LogP contribution is -2.41. The number of hydrogen-bond donors (Lipinski definition) is 2. The molecule has 1 atom stereocenters. The Kier molecular flexibility index (Phi) is 4.15. The van der Waals surface area contributed by atoms with Gasteiger partial charge in [-0.2, -0.15) is 0 Å². The molecule has 1 unspecified atom stereocenters. The van der Waals surface area contributed by atoms with Crippen LogP contribution in [0.15, 0.2) is 30.3 Å². The summed E-state index contributed by atoms with van der Waals surface area (Å²) in [5.74, 6) is 0.771. The highest BCUT2D eigenvalue weighted by atomic mass is 16.5. The summed E-state index contributed by atoms with van der Waals surface area (Å²) in [6.07, 6.45) is 3.25. The monoisotopic (exact) mass is 235 g/mol. The third-order valence-electron chi connectivity index (χ3n) is 3.37. The molecule has 94 valence electrons. The van der Waals surface area contributed by atoms with Crippen LogP contribution in [0.25, 0.3) is 0 Å². The van der Waals surface area contributed by atoms with Gasteiger partial charge in [0.1, 0.15) is 0 Å². The second-order valence-corrected chi connectivity index (χ2v) is 4.95. The molecule has 2 rings (SSSR count). The zero-order chi connectivity index (χ0) is 12.1. The van der Waals surface area contributed by atoms with Gasteiger partial charge in [-0.25, -0.2) is 0 Å². The van der Waals surface area contributed by atoms with Gasteiger partial charge in [0.15, 0.2) is 0 Å². The molecule has 3 heteroatoms. The highest BCUT2D eigenvalue weighted by molar-refractivity contribution is 5.23. The van der Waals surface area contributed by atoms with Crippen molar-refractivity contribution in [3.05, 3.63) is 35.9 Å². The maximum absolute atomic E-state index is 9.48. The highest BCUT2D eigenvalue weighted by Crippen LogP contribution is 2.29. The highest BCUT2D eigenvalue weighted by Gasteiger charge is 2.27. The average molecular weight is 235 g/mol. The van der Waals surface area contributed by atoms with Crippen LogP contribution in [0.1, 0.15) is 24.8 Å². The SMILES string of the molecule is NC(CO)(CCOCC1CC1)c1ccccc1. The molecule has 3 nitrogen and oxygen atoms in total. The molecule has 0 amide bonds. The summed E-state index contributed by atoms with van der Waals surface area (Å²) in [7, 11) is 0. The van der Waals surface area contributed by atoms with Gasteiger partial charge in [-0.1, -0.05) is 30.3 Å². The van der Waals surface area contributed by atoms with E-state index in [0.29, 0.717) is 13.0 Å². The first-order valence-electron chi connectivity index (χ1n) is 6.27. The Balaban J connectivity index is 1.84. The second-order valence-electron chi connectivity index (χ2n) is 4.95. The average Bonchev–Trinajstić information content (AvgIpc) is 3.19. The number of hydrogen-bond acceptors (Lipinski definition) is 3. The molecule has 1 fully saturated rings. The molecule has 0 radical (unpaired) electrons. The van der Waals surface area contributed by atoms with Crippen LogP contribution in [0, 0.1) is 5.92 Å². The summed E-state index contributed by atoms with van der Waals surface area (Å²) in [6.45, 7) is 1.41. The van der Waals surface area contributed by atoms with Crippen molar-refractivity contribution in [2.24, 2.45) is 11.7 Å². The van der Waals surface area contributed by atoms with Crippen LogP contribution in [-0.2, 0) is 10.3 Å². The minimum Gasteiger partial charge on any atom is -0.394 e. The molecule has 1 aromatic carbocycles. The Morgan fingerprint density at radius 1 is 1.29 bits per heavy atom. The lowest BCUT2D eigenvalue weighted by Gasteiger charge is -2.27. The van der Waals surface area contributed by atoms with E-state index in [0.717, 1.165) is 18.1 Å². The Bertz CT molecular complexity index is 337. The van der Waals surface area contributed by atoms with E-state index < -0.39 is 5.54 Å². The van der Waals surface area contributed by atoms with E-state index in [-0.39, 0.29) is 6.61 Å². The summed E-state index contributed by atoms with van der Waals surface area (Å²) >= 11 is 0. The summed E-state index contributed by atoms with van der Waals surface area (Å²) < 4.78 is 5.59. The molecule has 0 spiro atoms. The van der Waals surface area contributed by atoms with Gasteiger partial charge in [-0.3, -0.25) is 0 Å². The molecule has 0 aliphatic heterocycles. The minimum atomic E-state index is -0.676. The smallest absolute Gasteiger partial charge is 0.0666 e. The van der Waals surface area contributed by atoms with Crippen molar-refractivity contribution in [2.75, 3.05) is 19.8 Å². The minimum absolute atomic E-state index is 0.0518. The van der Waals surface area contributed by atoms with Crippen LogP contribution in [0.4, 0.5) is 0 Å². The molecular formula is C14H21NO2. The first-order valence-corrected chi connectivity index (χ1v) is 6.27. The van der Waals surface area contributed by atoms with Crippen molar-refractivity contribution >= 4 is 0 Å². The van der Waals surface area contributed by atoms with E-state index in [1.165, 1.54) is 12.8 Å². The molecular weight excluding hydrogens is 214 g/mol. The molecule has 1 aromatic rings. The third kappa shape index (κ3) is 3.53. The Hall–Kier alpha value is -0.900. The van der Waals surface area contributed by atoms with Gasteiger partial charge in [0.2, 0.25) is 0 Å². The first-order chi connectivity index (χ1) is 8.24. The summed E-state index contributed by atoms with van der Waals surface area (Å²) in [6, 6.07) is 9.74. The van der Waals surface area contributed by atoms with Crippen molar-refractivity contribution in [2.45, 2.75) is 24.8 Å². The van der Waals surface area contributed by atoms with Crippen LogP contribution < -0.4 is 5.73 Å². The van der Waals surface area contributed by atoms with Gasteiger partial charge in [0.05, 0.1) is 12.1 Å². The van der Waals surface area contributed by atoms with Crippen molar-refractivity contribution in [3.63, 3.8) is 0 Å². The van der Waals surface area contributed by atoms with Crippen molar-refractivity contribution in [3.8, 4) is 0 Å². The molecule has 3 N–H and O–H groups in total. The van der Waals surface area contributed by atoms with Gasteiger partial charge in [-0.05, 0) is 30.7 Å². The number of benzene rings is 1. The van der Waals surface area contributed by atoms with Gasteiger partial charge in [0, 0.05) is 13.2 Å². The molecule has 17 heavy (non-hydrogen) atoms. The largest absolute Gasteiger partial charge is 0.394 e. The first kappa shape index (κ1) is 12.6. The van der Waals surface area contributed by atoms with Crippen LogP contribution in [-0.4, -0.2) is 24.9 Å². The topological polar surface area (TPSA) is 55.5 Å². The predicted octanol–water partition coefficient (Wildman–Crippen LogP) is 1.65. The van der Waals surface area contributed by atoms with E-state index in [2.05, 4.69) is 0 Å². The number of ether oxygens (including phenoxy) is 1. The van der Waals surface area contributed by atoms with Crippen LogP contribution in [0.5, 0.6) is 0 Å². The second kappa shape index (κ2) is 5.63. The molecule has 0 heterocycles. The lowest BCUT2D eigenvalue weighted by molar-refractivity contribution is 0.0880. The quantitative estimate of drug-likeness (QED) is 0.707. The van der Waals surface area contributed by atoms with Gasteiger partial charge >= 0.3 is 0 Å². The summed E-state index contributed by atoms with van der Waals surface area (Å²) in [5.41, 5.74) is 6.52. The zero-order valence-corrected chi connectivity index (χ0v) is 10.1. The van der Waals surface area contributed by atoms with Crippen LogP contribution >= 0.6 is 0 Å². The predicted molar refractivity (Wildman–Crippen MR) is 67.6 cm³/mol. The Labute approximate surface area is 103 Å². The van der Waals surface area contributed by atoms with E-state index in [1.54, 1.807) is 0 Å². The number of aliphatic hydroxyl groups excluding tert-OH is 1. The molecule has 0 aromatic heterocycles. The fourth-order valence-electron chi connectivity index (χ4n) is 1.87. The molecule has 0 saturated heterocycles. The van der Waals surface area contributed by atoms with Gasteiger partial charge < -0.3 is 15.6 Å². The van der Waals surface area contributed by atoms with Crippen molar-refractivity contribution in [1.82, 2.24) is 0 Å². The van der Waals surface area contributed by atoms with E-state index in [1.807, 2.05) is 30.3 Å². The summed E-state index contributed by atoms with van der Waals surface area (Å²) in [5, 5.41) is 9.48. The maximum Gasteiger partial charge on any atom is 0.0666 e. The normalized spacial score (nSPS) is 18.9. The number of aliphatic hydroxyl groups is 1. The molecule has 1 aliphatic rings. The van der Waals surface area contributed by atoms with Gasteiger partial charge in [-0.15, -0.1) is 0 Å². The molecule has 1 aliphatic carbocycles. The molecule has 0 bridgehead atoms. The van der Waals surface area contributed by atoms with E-state index >= 15 is 0 Å². The van der Waals surface area contributed by atoms with Crippen LogP contribution in [0.2, 0.25) is 0 Å². The van der Waals surface area contributed by atoms with Crippen LogP contribution in [0.3, 0.4) is 0 Å². The van der Waals surface area contributed by atoms with E-state index in [4.69, 9.17) is 10.5 Å². The fourth-order valence-corrected chi connectivity index (χ4v) is 1.87. The Morgan fingerprint density at radius 2 is 2.00 bits per heavy atom. The van der Waals surface area contributed by atoms with Crippen molar-refractivity contribution in [1.29, 1.82) is 0 Å². The van der Waals surface area contributed by atoms with E-state index in [9.17, 15) is 5.11 Å². The summed E-state index contributed by atoms with van der Waals surface area (Å²) in [4.78, 5) is 0. The van der Waals surface area contributed by atoms with Gasteiger partial charge in [0.25, 0.3) is 0 Å². The zero-order valence-electron chi connectivity index (χ0n) is 10.1. The number of nitrogens with two attached hydrogens (primary N) is 1. The fraction of sp³-hybridized carbons (Fsp3) is 0.571. The standard InChI is InChI=1S/C14H21NO2/c15-14(11-16,13-4-2-1-3-5-13)8-9-17-10-12-6-7-12/h1-5,12,16H,6-11,15H2. The Morgan fingerprint density at radius 3 is 2.59 bits per heavy atom. The lowest BCUT2D eigenvalue weighted by atomic mass is 9.89. The number of rotatable bonds is 7.